The SMILES string of the molecule is ClCCOc1cnc2ccccc2n1. The van der Waals surface area contributed by atoms with Crippen LogP contribution in [0.1, 0.15) is 0 Å². The topological polar surface area (TPSA) is 35.0 Å². The summed E-state index contributed by atoms with van der Waals surface area (Å²) in [7, 11) is 0. The summed E-state index contributed by atoms with van der Waals surface area (Å²) < 4.78 is 5.26. The highest BCUT2D eigenvalue weighted by molar-refractivity contribution is 6.17. The van der Waals surface area contributed by atoms with Crippen LogP contribution in [0.2, 0.25) is 0 Å². The molecule has 2 rings (SSSR count). The van der Waals surface area contributed by atoms with Gasteiger partial charge in [0.15, 0.2) is 0 Å². The van der Waals surface area contributed by atoms with Crippen LogP contribution in [0.15, 0.2) is 30.5 Å². The molecule has 1 heterocycles. The van der Waals surface area contributed by atoms with Crippen LogP contribution in [-0.2, 0) is 0 Å². The van der Waals surface area contributed by atoms with E-state index in [0.717, 1.165) is 11.0 Å². The Balaban J connectivity index is 2.32. The predicted octanol–water partition coefficient (Wildman–Crippen LogP) is 2.25. The van der Waals surface area contributed by atoms with Crippen molar-refractivity contribution >= 4 is 22.6 Å². The normalized spacial score (nSPS) is 10.4. The first kappa shape index (κ1) is 9.21. The van der Waals surface area contributed by atoms with Crippen molar-refractivity contribution < 1.29 is 4.74 Å². The Morgan fingerprint density at radius 2 is 2.00 bits per heavy atom. The van der Waals surface area contributed by atoms with E-state index in [2.05, 4.69) is 9.97 Å². The second kappa shape index (κ2) is 4.24. The number of rotatable bonds is 3. The van der Waals surface area contributed by atoms with Gasteiger partial charge in [0, 0.05) is 0 Å². The van der Waals surface area contributed by atoms with Crippen LogP contribution in [0.3, 0.4) is 0 Å². The molecular weight excluding hydrogens is 200 g/mol. The lowest BCUT2D eigenvalue weighted by atomic mass is 10.3. The first-order valence-electron chi connectivity index (χ1n) is 4.31. The molecule has 0 aliphatic heterocycles. The maximum Gasteiger partial charge on any atom is 0.232 e. The highest BCUT2D eigenvalue weighted by Crippen LogP contribution is 2.12. The van der Waals surface area contributed by atoms with Crippen LogP contribution in [0.5, 0.6) is 5.88 Å². The Hall–Kier alpha value is -1.35. The monoisotopic (exact) mass is 208 g/mol. The maximum atomic E-state index is 5.50. The summed E-state index contributed by atoms with van der Waals surface area (Å²) >= 11 is 5.50. The van der Waals surface area contributed by atoms with E-state index in [1.807, 2.05) is 24.3 Å². The largest absolute Gasteiger partial charge is 0.475 e. The molecule has 0 aliphatic carbocycles. The van der Waals surface area contributed by atoms with Crippen LogP contribution >= 0.6 is 11.6 Å². The van der Waals surface area contributed by atoms with E-state index in [-0.39, 0.29) is 0 Å². The number of alkyl halides is 1. The summed E-state index contributed by atoms with van der Waals surface area (Å²) in [6.45, 7) is 0.453. The smallest absolute Gasteiger partial charge is 0.232 e. The van der Waals surface area contributed by atoms with Gasteiger partial charge in [-0.15, -0.1) is 11.6 Å². The van der Waals surface area contributed by atoms with E-state index >= 15 is 0 Å². The zero-order chi connectivity index (χ0) is 9.80. The molecule has 0 saturated heterocycles. The second-order valence-corrected chi connectivity index (χ2v) is 3.11. The third-order valence-electron chi connectivity index (χ3n) is 1.75. The molecule has 0 aliphatic rings. The Bertz CT molecular complexity index is 433. The number of para-hydroxylation sites is 2. The van der Waals surface area contributed by atoms with E-state index in [9.17, 15) is 0 Å². The highest BCUT2D eigenvalue weighted by Gasteiger charge is 1.98. The lowest BCUT2D eigenvalue weighted by molar-refractivity contribution is 0.329. The Morgan fingerprint density at radius 1 is 1.21 bits per heavy atom. The number of hydrogen-bond donors (Lipinski definition) is 0. The number of halogens is 1. The van der Waals surface area contributed by atoms with Crippen LogP contribution in [-0.4, -0.2) is 22.5 Å². The highest BCUT2D eigenvalue weighted by atomic mass is 35.5. The molecule has 0 bridgehead atoms. The quantitative estimate of drug-likeness (QED) is 0.726. The molecule has 3 nitrogen and oxygen atoms in total. The summed E-state index contributed by atoms with van der Waals surface area (Å²) in [6.07, 6.45) is 1.61. The average Bonchev–Trinajstić information content (AvgIpc) is 2.26. The number of nitrogens with zero attached hydrogens (tertiary/aromatic N) is 2. The molecule has 1 aromatic carbocycles. The summed E-state index contributed by atoms with van der Waals surface area (Å²) in [4.78, 5) is 8.47. The molecular formula is C10H9ClN2O. The Labute approximate surface area is 86.7 Å². The maximum absolute atomic E-state index is 5.50. The molecule has 4 heteroatoms. The minimum absolute atomic E-state index is 0.453. The summed E-state index contributed by atoms with van der Waals surface area (Å²) in [5.74, 6) is 0.971. The molecule has 0 unspecified atom stereocenters. The molecule has 0 atom stereocenters. The number of aromatic nitrogens is 2. The molecule has 0 radical (unpaired) electrons. The Morgan fingerprint density at radius 3 is 2.79 bits per heavy atom. The fraction of sp³-hybridized carbons (Fsp3) is 0.200. The van der Waals surface area contributed by atoms with Crippen LogP contribution in [0.4, 0.5) is 0 Å². The molecule has 0 N–H and O–H groups in total. The van der Waals surface area contributed by atoms with E-state index in [1.54, 1.807) is 6.20 Å². The minimum atomic E-state index is 0.453. The molecule has 0 saturated carbocycles. The number of fused-ring (bicyclic) bond motifs is 1. The van der Waals surface area contributed by atoms with Gasteiger partial charge < -0.3 is 4.74 Å². The van der Waals surface area contributed by atoms with Gasteiger partial charge in [0.05, 0.1) is 23.1 Å². The van der Waals surface area contributed by atoms with Gasteiger partial charge in [-0.05, 0) is 12.1 Å². The van der Waals surface area contributed by atoms with Gasteiger partial charge in [-0.25, -0.2) is 9.97 Å². The van der Waals surface area contributed by atoms with Crippen molar-refractivity contribution in [2.45, 2.75) is 0 Å². The number of benzene rings is 1. The van der Waals surface area contributed by atoms with Crippen LogP contribution < -0.4 is 4.74 Å². The van der Waals surface area contributed by atoms with Gasteiger partial charge in [-0.2, -0.15) is 0 Å². The first-order valence-corrected chi connectivity index (χ1v) is 4.84. The van der Waals surface area contributed by atoms with Crippen molar-refractivity contribution in [2.75, 3.05) is 12.5 Å². The predicted molar refractivity (Wildman–Crippen MR) is 55.8 cm³/mol. The van der Waals surface area contributed by atoms with E-state index in [0.29, 0.717) is 18.4 Å². The van der Waals surface area contributed by atoms with Crippen LogP contribution in [0.25, 0.3) is 11.0 Å². The lowest BCUT2D eigenvalue weighted by Gasteiger charge is -2.02. The van der Waals surface area contributed by atoms with Crippen LogP contribution in [0, 0.1) is 0 Å². The molecule has 14 heavy (non-hydrogen) atoms. The van der Waals surface area contributed by atoms with E-state index in [1.165, 1.54) is 0 Å². The summed E-state index contributed by atoms with van der Waals surface area (Å²) in [5, 5.41) is 0. The molecule has 72 valence electrons. The summed E-state index contributed by atoms with van der Waals surface area (Å²) in [5.41, 5.74) is 1.70. The van der Waals surface area contributed by atoms with Crippen molar-refractivity contribution in [1.29, 1.82) is 0 Å². The van der Waals surface area contributed by atoms with Gasteiger partial charge in [0.1, 0.15) is 6.61 Å². The minimum Gasteiger partial charge on any atom is -0.475 e. The van der Waals surface area contributed by atoms with Gasteiger partial charge in [0.25, 0.3) is 0 Å². The van der Waals surface area contributed by atoms with Crippen molar-refractivity contribution in [1.82, 2.24) is 9.97 Å². The van der Waals surface area contributed by atoms with Gasteiger partial charge in [-0.3, -0.25) is 0 Å². The molecule has 0 spiro atoms. The van der Waals surface area contributed by atoms with Gasteiger partial charge in [0.2, 0.25) is 5.88 Å². The lowest BCUT2D eigenvalue weighted by Crippen LogP contribution is -2.00. The van der Waals surface area contributed by atoms with Gasteiger partial charge in [-0.1, -0.05) is 12.1 Å². The van der Waals surface area contributed by atoms with Crippen molar-refractivity contribution in [3.8, 4) is 5.88 Å². The molecule has 2 aromatic rings. The van der Waals surface area contributed by atoms with E-state index < -0.39 is 0 Å². The average molecular weight is 209 g/mol. The van der Waals surface area contributed by atoms with E-state index in [4.69, 9.17) is 16.3 Å². The van der Waals surface area contributed by atoms with Crippen molar-refractivity contribution in [3.05, 3.63) is 30.5 Å². The number of ether oxygens (including phenoxy) is 1. The zero-order valence-electron chi connectivity index (χ0n) is 7.48. The fourth-order valence-corrected chi connectivity index (χ4v) is 1.23. The third-order valence-corrected chi connectivity index (χ3v) is 1.91. The Kier molecular flexibility index (Phi) is 2.79. The van der Waals surface area contributed by atoms with Crippen molar-refractivity contribution in [3.63, 3.8) is 0 Å². The summed E-state index contributed by atoms with van der Waals surface area (Å²) in [6, 6.07) is 7.65. The van der Waals surface area contributed by atoms with Gasteiger partial charge >= 0.3 is 0 Å². The molecule has 1 aromatic heterocycles. The van der Waals surface area contributed by atoms with Crippen molar-refractivity contribution in [2.24, 2.45) is 0 Å². The second-order valence-electron chi connectivity index (χ2n) is 2.73. The molecule has 0 amide bonds. The first-order chi connectivity index (χ1) is 6.90. The third kappa shape index (κ3) is 1.93. The number of hydrogen-bond acceptors (Lipinski definition) is 3. The zero-order valence-corrected chi connectivity index (χ0v) is 8.24. The molecule has 0 fully saturated rings. The standard InChI is InChI=1S/C10H9ClN2O/c11-5-6-14-10-7-12-8-3-1-2-4-9(8)13-10/h1-4,7H,5-6H2. The fourth-order valence-electron chi connectivity index (χ4n) is 1.15.